The summed E-state index contributed by atoms with van der Waals surface area (Å²) in [6.07, 6.45) is -1.04. The molecule has 1 aromatic heterocycles. The number of H-pyrrole nitrogens is 1. The number of carbonyl (C=O) groups is 1. The summed E-state index contributed by atoms with van der Waals surface area (Å²) in [5.74, 6) is -0.267. The molecule has 7 heteroatoms. The Bertz CT molecular complexity index is 680. The van der Waals surface area contributed by atoms with Gasteiger partial charge in [0.1, 0.15) is 0 Å². The highest BCUT2D eigenvalue weighted by Gasteiger charge is 2.31. The highest BCUT2D eigenvalue weighted by atomic mass is 19.4. The van der Waals surface area contributed by atoms with Crippen molar-refractivity contribution in [1.82, 2.24) is 15.1 Å². The maximum atomic E-state index is 12.6. The number of ketones is 1. The van der Waals surface area contributed by atoms with Crippen LogP contribution in [0.15, 0.2) is 36.5 Å². The van der Waals surface area contributed by atoms with Crippen LogP contribution in [-0.2, 0) is 12.7 Å². The molecule has 2 aromatic rings. The van der Waals surface area contributed by atoms with Gasteiger partial charge in [-0.05, 0) is 37.6 Å². The fourth-order valence-corrected chi connectivity index (χ4v) is 3.09. The number of nitrogens with zero attached hydrogens (tertiary/aromatic N) is 2. The van der Waals surface area contributed by atoms with E-state index in [-0.39, 0.29) is 11.7 Å². The zero-order valence-corrected chi connectivity index (χ0v) is 13.0. The van der Waals surface area contributed by atoms with Gasteiger partial charge in [-0.1, -0.05) is 12.1 Å². The number of halogens is 3. The van der Waals surface area contributed by atoms with E-state index in [0.29, 0.717) is 18.7 Å². The lowest BCUT2D eigenvalue weighted by Gasteiger charge is -2.31. The fraction of sp³-hybridized carbons (Fsp3) is 0.412. The van der Waals surface area contributed by atoms with Crippen LogP contribution in [0.5, 0.6) is 0 Å². The molecule has 1 fully saturated rings. The van der Waals surface area contributed by atoms with E-state index in [2.05, 4.69) is 15.1 Å². The van der Waals surface area contributed by atoms with Gasteiger partial charge >= 0.3 is 6.18 Å². The topological polar surface area (TPSA) is 49.0 Å². The molecule has 1 saturated heterocycles. The first kappa shape index (κ1) is 16.7. The molecule has 1 N–H and O–H groups in total. The van der Waals surface area contributed by atoms with Crippen LogP contribution in [0.3, 0.4) is 0 Å². The van der Waals surface area contributed by atoms with Crippen molar-refractivity contribution in [2.75, 3.05) is 13.1 Å². The predicted octanol–water partition coefficient (Wildman–Crippen LogP) is 3.52. The molecule has 0 radical (unpaired) electrons. The van der Waals surface area contributed by atoms with Crippen LogP contribution in [0.1, 0.15) is 34.5 Å². The molecule has 1 aliphatic rings. The van der Waals surface area contributed by atoms with Gasteiger partial charge in [0.25, 0.3) is 0 Å². The highest BCUT2D eigenvalue weighted by Crippen LogP contribution is 2.30. The molecule has 0 spiro atoms. The minimum atomic E-state index is -4.38. The Labute approximate surface area is 137 Å². The summed E-state index contributed by atoms with van der Waals surface area (Å²) in [5.41, 5.74) is 0.595. The lowest BCUT2D eigenvalue weighted by atomic mass is 9.89. The Morgan fingerprint density at radius 2 is 2.00 bits per heavy atom. The first-order chi connectivity index (χ1) is 11.4. The number of hydrogen-bond acceptors (Lipinski definition) is 3. The van der Waals surface area contributed by atoms with E-state index in [1.165, 1.54) is 12.1 Å². The van der Waals surface area contributed by atoms with Crippen LogP contribution in [0, 0.1) is 5.92 Å². The number of carbonyl (C=O) groups excluding carboxylic acids is 1. The van der Waals surface area contributed by atoms with E-state index < -0.39 is 11.7 Å². The summed E-state index contributed by atoms with van der Waals surface area (Å²) in [6, 6.07) is 6.39. The second kappa shape index (κ2) is 6.76. The largest absolute Gasteiger partial charge is 0.416 e. The number of piperidine rings is 1. The summed E-state index contributed by atoms with van der Waals surface area (Å²) in [6.45, 7) is 2.20. The Kier molecular flexibility index (Phi) is 4.71. The van der Waals surface area contributed by atoms with Crippen molar-refractivity contribution in [2.24, 2.45) is 5.92 Å². The van der Waals surface area contributed by atoms with E-state index in [1.54, 1.807) is 6.20 Å². The molecule has 0 saturated carbocycles. The number of rotatable bonds is 4. The molecule has 1 atom stereocenters. The molecule has 1 aromatic carbocycles. The zero-order chi connectivity index (χ0) is 17.2. The number of nitrogens with one attached hydrogen (secondary N) is 1. The second-order valence-electron chi connectivity index (χ2n) is 6.10. The first-order valence-corrected chi connectivity index (χ1v) is 7.85. The third-order valence-electron chi connectivity index (χ3n) is 4.33. The van der Waals surface area contributed by atoms with Gasteiger partial charge in [-0.3, -0.25) is 14.8 Å². The average molecular weight is 337 g/mol. The minimum absolute atomic E-state index is 0.0852. The summed E-state index contributed by atoms with van der Waals surface area (Å²) in [5, 5.41) is 6.80. The summed E-state index contributed by atoms with van der Waals surface area (Å²) in [7, 11) is 0. The van der Waals surface area contributed by atoms with Crippen molar-refractivity contribution in [1.29, 1.82) is 0 Å². The Morgan fingerprint density at radius 1 is 1.25 bits per heavy atom. The van der Waals surface area contributed by atoms with Gasteiger partial charge in [-0.2, -0.15) is 18.3 Å². The minimum Gasteiger partial charge on any atom is -0.297 e. The number of benzene rings is 1. The quantitative estimate of drug-likeness (QED) is 0.869. The van der Waals surface area contributed by atoms with Gasteiger partial charge in [-0.15, -0.1) is 0 Å². The molecule has 4 nitrogen and oxygen atoms in total. The normalized spacial score (nSPS) is 19.4. The number of aromatic amines is 1. The van der Waals surface area contributed by atoms with Crippen molar-refractivity contribution in [3.05, 3.63) is 53.3 Å². The van der Waals surface area contributed by atoms with E-state index in [9.17, 15) is 18.0 Å². The van der Waals surface area contributed by atoms with Crippen molar-refractivity contribution in [3.8, 4) is 0 Å². The smallest absolute Gasteiger partial charge is 0.297 e. The highest BCUT2D eigenvalue weighted by molar-refractivity contribution is 5.98. The third-order valence-corrected chi connectivity index (χ3v) is 4.33. The van der Waals surface area contributed by atoms with E-state index in [4.69, 9.17) is 0 Å². The van der Waals surface area contributed by atoms with Crippen LogP contribution in [0.2, 0.25) is 0 Å². The van der Waals surface area contributed by atoms with Crippen molar-refractivity contribution in [3.63, 3.8) is 0 Å². The molecular weight excluding hydrogens is 319 g/mol. The number of hydrogen-bond donors (Lipinski definition) is 1. The molecule has 0 aliphatic carbocycles. The molecular formula is C17H18F3N3O. The van der Waals surface area contributed by atoms with E-state index >= 15 is 0 Å². The fourth-order valence-electron chi connectivity index (χ4n) is 3.09. The molecule has 1 aliphatic heterocycles. The Morgan fingerprint density at radius 3 is 2.62 bits per heavy atom. The van der Waals surface area contributed by atoms with E-state index in [0.717, 1.165) is 37.2 Å². The van der Waals surface area contributed by atoms with Crippen LogP contribution in [0.25, 0.3) is 0 Å². The number of Topliss-reactive ketones (excluding diaryl/α,β-unsaturated/α-hetero) is 1. The Balaban J connectivity index is 1.65. The molecule has 0 unspecified atom stereocenters. The first-order valence-electron chi connectivity index (χ1n) is 7.85. The number of likely N-dealkylation sites (tertiary alicyclic amines) is 1. The van der Waals surface area contributed by atoms with Crippen molar-refractivity contribution < 1.29 is 18.0 Å². The maximum Gasteiger partial charge on any atom is 0.416 e. The maximum absolute atomic E-state index is 12.6. The molecule has 0 amide bonds. The van der Waals surface area contributed by atoms with Gasteiger partial charge in [0.2, 0.25) is 0 Å². The van der Waals surface area contributed by atoms with Crippen LogP contribution in [0.4, 0.5) is 13.2 Å². The van der Waals surface area contributed by atoms with Crippen molar-refractivity contribution >= 4 is 5.78 Å². The van der Waals surface area contributed by atoms with Crippen LogP contribution < -0.4 is 0 Å². The summed E-state index contributed by atoms with van der Waals surface area (Å²) < 4.78 is 37.8. The van der Waals surface area contributed by atoms with Gasteiger partial charge in [0.15, 0.2) is 5.78 Å². The zero-order valence-electron chi connectivity index (χ0n) is 13.0. The van der Waals surface area contributed by atoms with Gasteiger partial charge in [0.05, 0.1) is 5.56 Å². The molecule has 128 valence electrons. The summed E-state index contributed by atoms with van der Waals surface area (Å²) >= 11 is 0. The van der Waals surface area contributed by atoms with Crippen molar-refractivity contribution in [2.45, 2.75) is 25.6 Å². The standard InChI is InChI=1S/C17H18F3N3O/c18-17(19,20)14-5-3-12(4-6-14)16(24)13-2-1-9-23(10-13)11-15-7-8-21-22-15/h3-8,13H,1-2,9-11H2,(H,21,22)/t13-/m1/s1. The second-order valence-corrected chi connectivity index (χ2v) is 6.10. The average Bonchev–Trinajstić information content (AvgIpc) is 3.07. The third kappa shape index (κ3) is 3.84. The SMILES string of the molecule is O=C(c1ccc(C(F)(F)F)cc1)[C@@H]1CCCN(Cc2ccn[nH]2)C1. The molecule has 0 bridgehead atoms. The lowest BCUT2D eigenvalue weighted by molar-refractivity contribution is -0.137. The molecule has 2 heterocycles. The predicted molar refractivity (Wildman–Crippen MR) is 82.4 cm³/mol. The van der Waals surface area contributed by atoms with Gasteiger partial charge in [0, 0.05) is 36.5 Å². The number of alkyl halides is 3. The summed E-state index contributed by atoms with van der Waals surface area (Å²) in [4.78, 5) is 14.8. The van der Waals surface area contributed by atoms with E-state index in [1.807, 2.05) is 6.07 Å². The number of aromatic nitrogens is 2. The lowest BCUT2D eigenvalue weighted by Crippen LogP contribution is -2.38. The molecule has 3 rings (SSSR count). The van der Waals surface area contributed by atoms with Gasteiger partial charge in [-0.25, -0.2) is 0 Å². The van der Waals surface area contributed by atoms with Crippen LogP contribution >= 0.6 is 0 Å². The van der Waals surface area contributed by atoms with Crippen LogP contribution in [-0.4, -0.2) is 34.0 Å². The molecule has 24 heavy (non-hydrogen) atoms. The Hall–Kier alpha value is -2.15. The van der Waals surface area contributed by atoms with Gasteiger partial charge < -0.3 is 0 Å². The monoisotopic (exact) mass is 337 g/mol.